The fourth-order valence-electron chi connectivity index (χ4n) is 2.79. The third-order valence-corrected chi connectivity index (χ3v) is 5.24. The summed E-state index contributed by atoms with van der Waals surface area (Å²) in [6.07, 6.45) is 8.62. The van der Waals surface area contributed by atoms with E-state index in [1.165, 1.54) is 25.5 Å². The fourth-order valence-corrected chi connectivity index (χ4v) is 3.38. The Morgan fingerprint density at radius 3 is 2.60 bits per heavy atom. The molecule has 0 unspecified atom stereocenters. The number of hydrazone groups is 1. The zero-order valence-corrected chi connectivity index (χ0v) is 19.3. The maximum Gasteiger partial charge on any atom is 0.345 e. The van der Waals surface area contributed by atoms with Gasteiger partial charge in [0.25, 0.3) is 0 Å². The van der Waals surface area contributed by atoms with E-state index in [2.05, 4.69) is 33.4 Å². The molecule has 0 atom stereocenters. The van der Waals surface area contributed by atoms with Crippen LogP contribution >= 0.6 is 27.5 Å². The van der Waals surface area contributed by atoms with E-state index < -0.39 is 5.97 Å². The molecule has 7 heteroatoms. The number of benzene rings is 2. The predicted molar refractivity (Wildman–Crippen MR) is 124 cm³/mol. The van der Waals surface area contributed by atoms with Crippen molar-refractivity contribution in [3.05, 3.63) is 63.1 Å². The Kier molecular flexibility index (Phi) is 10.6. The molecule has 0 aliphatic carbocycles. The molecule has 1 N–H and O–H groups in total. The van der Waals surface area contributed by atoms with Gasteiger partial charge >= 0.3 is 5.97 Å². The van der Waals surface area contributed by atoms with Gasteiger partial charge in [-0.2, -0.15) is 5.10 Å². The summed E-state index contributed by atoms with van der Waals surface area (Å²) in [5.41, 5.74) is 3.35. The number of carbonyl (C=O) groups is 2. The highest BCUT2D eigenvalue weighted by atomic mass is 79.9. The van der Waals surface area contributed by atoms with Crippen molar-refractivity contribution in [2.75, 3.05) is 0 Å². The Labute approximate surface area is 191 Å². The summed E-state index contributed by atoms with van der Waals surface area (Å²) in [7, 11) is 0. The van der Waals surface area contributed by atoms with Crippen molar-refractivity contribution in [1.82, 2.24) is 5.43 Å². The summed E-state index contributed by atoms with van der Waals surface area (Å²) in [5, 5.41) is 4.32. The van der Waals surface area contributed by atoms with Crippen LogP contribution in [0.25, 0.3) is 0 Å². The molecule has 1 amide bonds. The van der Waals surface area contributed by atoms with Crippen LogP contribution in [0.5, 0.6) is 5.75 Å². The Morgan fingerprint density at radius 2 is 1.83 bits per heavy atom. The number of halogens is 2. The van der Waals surface area contributed by atoms with Gasteiger partial charge in [0.05, 0.1) is 16.8 Å². The summed E-state index contributed by atoms with van der Waals surface area (Å²) in [6, 6.07) is 11.8. The van der Waals surface area contributed by atoms with Crippen LogP contribution in [-0.4, -0.2) is 18.1 Å². The highest BCUT2D eigenvalue weighted by Gasteiger charge is 2.14. The van der Waals surface area contributed by atoms with Gasteiger partial charge in [0.1, 0.15) is 5.75 Å². The van der Waals surface area contributed by atoms with Crippen molar-refractivity contribution in [3.8, 4) is 5.75 Å². The van der Waals surface area contributed by atoms with Crippen molar-refractivity contribution in [3.63, 3.8) is 0 Å². The van der Waals surface area contributed by atoms with Gasteiger partial charge < -0.3 is 4.74 Å². The average Bonchev–Trinajstić information content (AvgIpc) is 2.72. The molecule has 2 rings (SSSR count). The molecule has 0 aliphatic heterocycles. The van der Waals surface area contributed by atoms with Gasteiger partial charge in [-0.25, -0.2) is 10.2 Å². The lowest BCUT2D eigenvalue weighted by Gasteiger charge is -2.09. The van der Waals surface area contributed by atoms with Gasteiger partial charge in [0.2, 0.25) is 5.91 Å². The summed E-state index contributed by atoms with van der Waals surface area (Å²) in [4.78, 5) is 24.4. The first-order valence-electron chi connectivity index (χ1n) is 10.1. The number of rotatable bonds is 11. The molecule has 0 bridgehead atoms. The lowest BCUT2D eigenvalue weighted by atomic mass is 10.1. The van der Waals surface area contributed by atoms with E-state index >= 15 is 0 Å². The molecule has 0 heterocycles. The monoisotopic (exact) mass is 492 g/mol. The highest BCUT2D eigenvalue weighted by molar-refractivity contribution is 9.10. The molecule has 0 saturated heterocycles. The van der Waals surface area contributed by atoms with Crippen molar-refractivity contribution >= 4 is 45.6 Å². The smallest absolute Gasteiger partial charge is 0.345 e. The van der Waals surface area contributed by atoms with Crippen LogP contribution in [0.2, 0.25) is 5.02 Å². The Balaban J connectivity index is 1.92. The van der Waals surface area contributed by atoms with Crippen molar-refractivity contribution in [2.24, 2.45) is 5.10 Å². The van der Waals surface area contributed by atoms with Crippen molar-refractivity contribution in [2.45, 2.75) is 51.9 Å². The zero-order valence-electron chi connectivity index (χ0n) is 17.0. The minimum absolute atomic E-state index is 0.133. The number of unbranched alkanes of at least 4 members (excludes halogenated alkanes) is 5. The molecule has 0 aliphatic rings. The van der Waals surface area contributed by atoms with Gasteiger partial charge in [-0.1, -0.05) is 78.7 Å². The number of nitrogens with zero attached hydrogens (tertiary/aromatic N) is 1. The number of amides is 1. The molecule has 0 fully saturated rings. The second-order valence-electron chi connectivity index (χ2n) is 6.86. The average molecular weight is 494 g/mol. The largest absolute Gasteiger partial charge is 0.422 e. The van der Waals surface area contributed by atoms with Crippen molar-refractivity contribution in [1.29, 1.82) is 0 Å². The summed E-state index contributed by atoms with van der Waals surface area (Å²) < 4.78 is 6.28. The van der Waals surface area contributed by atoms with Crippen molar-refractivity contribution < 1.29 is 14.3 Å². The fraction of sp³-hybridized carbons (Fsp3) is 0.348. The molecule has 5 nitrogen and oxygen atoms in total. The maximum atomic E-state index is 12.4. The minimum atomic E-state index is -0.565. The molecule has 2 aromatic rings. The first-order chi connectivity index (χ1) is 14.5. The van der Waals surface area contributed by atoms with Crippen LogP contribution < -0.4 is 10.2 Å². The van der Waals surface area contributed by atoms with Crippen LogP contribution in [-0.2, 0) is 4.79 Å². The van der Waals surface area contributed by atoms with E-state index in [1.54, 1.807) is 42.5 Å². The molecular weight excluding hydrogens is 468 g/mol. The summed E-state index contributed by atoms with van der Waals surface area (Å²) >= 11 is 9.45. The molecule has 30 heavy (non-hydrogen) atoms. The molecule has 0 radical (unpaired) electrons. The number of ether oxygens (including phenoxy) is 1. The van der Waals surface area contributed by atoms with Crippen LogP contribution in [0, 0.1) is 0 Å². The third-order valence-electron chi connectivity index (χ3n) is 4.42. The van der Waals surface area contributed by atoms with E-state index in [-0.39, 0.29) is 11.5 Å². The third kappa shape index (κ3) is 8.28. The predicted octanol–water partition coefficient (Wildman–Crippen LogP) is 6.52. The second kappa shape index (κ2) is 13.2. The number of hydrogen-bond donors (Lipinski definition) is 1. The summed E-state index contributed by atoms with van der Waals surface area (Å²) in [5.74, 6) is -0.381. The lowest BCUT2D eigenvalue weighted by Crippen LogP contribution is -2.17. The molecule has 160 valence electrons. The van der Waals surface area contributed by atoms with Gasteiger partial charge in [-0.15, -0.1) is 0 Å². The number of nitrogens with one attached hydrogen (secondary N) is 1. The first kappa shape index (κ1) is 24.1. The lowest BCUT2D eigenvalue weighted by molar-refractivity contribution is -0.121. The van der Waals surface area contributed by atoms with E-state index in [0.717, 1.165) is 23.7 Å². The zero-order chi connectivity index (χ0) is 21.8. The topological polar surface area (TPSA) is 67.8 Å². The minimum Gasteiger partial charge on any atom is -0.422 e. The van der Waals surface area contributed by atoms with Crippen LogP contribution in [0.15, 0.2) is 52.0 Å². The van der Waals surface area contributed by atoms with Crippen LogP contribution in [0.3, 0.4) is 0 Å². The number of carbonyl (C=O) groups excluding carboxylic acids is 2. The molecule has 0 saturated carbocycles. The SMILES string of the molecule is CCCCCCCCC(=O)N/N=C\c1cc(Br)ccc1OC(=O)c1ccccc1Cl. The number of hydrogen-bond acceptors (Lipinski definition) is 4. The molecule has 2 aromatic carbocycles. The van der Waals surface area contributed by atoms with E-state index in [1.807, 2.05) is 0 Å². The first-order valence-corrected chi connectivity index (χ1v) is 11.3. The maximum absolute atomic E-state index is 12.4. The Hall–Kier alpha value is -2.18. The Bertz CT molecular complexity index is 887. The van der Waals surface area contributed by atoms with E-state index in [4.69, 9.17) is 16.3 Å². The highest BCUT2D eigenvalue weighted by Crippen LogP contribution is 2.24. The second-order valence-corrected chi connectivity index (χ2v) is 8.19. The normalized spacial score (nSPS) is 10.9. The molecule has 0 spiro atoms. The van der Waals surface area contributed by atoms with E-state index in [0.29, 0.717) is 22.8 Å². The van der Waals surface area contributed by atoms with Gasteiger partial charge in [-0.3, -0.25) is 4.79 Å². The standard InChI is InChI=1S/C23H26BrClN2O3/c1-2-3-4-5-6-7-12-22(28)27-26-16-17-15-18(24)13-14-21(17)30-23(29)19-10-8-9-11-20(19)25/h8-11,13-16H,2-7,12H2,1H3,(H,27,28)/b26-16-. The molecule has 0 aromatic heterocycles. The van der Waals surface area contributed by atoms with Crippen LogP contribution in [0.4, 0.5) is 0 Å². The summed E-state index contributed by atoms with van der Waals surface area (Å²) in [6.45, 7) is 2.18. The van der Waals surface area contributed by atoms with E-state index in [9.17, 15) is 9.59 Å². The quantitative estimate of drug-likeness (QED) is 0.127. The van der Waals surface area contributed by atoms with Crippen LogP contribution in [0.1, 0.15) is 67.8 Å². The van der Waals surface area contributed by atoms with Gasteiger partial charge in [0.15, 0.2) is 0 Å². The molecular formula is C23H26BrClN2O3. The van der Waals surface area contributed by atoms with Gasteiger partial charge in [-0.05, 0) is 36.8 Å². The van der Waals surface area contributed by atoms with Gasteiger partial charge in [0, 0.05) is 16.5 Å². The number of esters is 1. The Morgan fingerprint density at radius 1 is 1.10 bits per heavy atom.